The number of para-hydroxylation sites is 2. The minimum absolute atomic E-state index is 0. The van der Waals surface area contributed by atoms with Gasteiger partial charge in [-0.3, -0.25) is 35.2 Å². The fourth-order valence-corrected chi connectivity index (χ4v) is 3.20. The molecule has 154 valence electrons. The molecule has 0 bridgehead atoms. The van der Waals surface area contributed by atoms with Crippen molar-refractivity contribution in [3.05, 3.63) is 93.0 Å². The second-order valence-electron chi connectivity index (χ2n) is 5.94. The molecule has 0 unspecified atom stereocenters. The van der Waals surface area contributed by atoms with E-state index in [1.165, 1.54) is 5.01 Å². The molecule has 0 aromatic heterocycles. The predicted molar refractivity (Wildman–Crippen MR) is 108 cm³/mol. The number of benzene rings is 3. The van der Waals surface area contributed by atoms with Gasteiger partial charge in [0.1, 0.15) is 4.90 Å². The molecule has 0 aliphatic rings. The minimum Gasteiger partial charge on any atom is -0.282 e. The molecule has 0 atom stereocenters. The predicted octanol–water partition coefficient (Wildman–Crippen LogP) is 0.919. The minimum atomic E-state index is -4.91. The zero-order valence-corrected chi connectivity index (χ0v) is 18.9. The van der Waals surface area contributed by atoms with Gasteiger partial charge in [0.05, 0.1) is 21.2 Å². The molecule has 2 N–H and O–H groups in total. The molecule has 0 aliphatic carbocycles. The normalized spacial score (nSPS) is 10.6. The zero-order valence-electron chi connectivity index (χ0n) is 16.1. The number of rotatable bonds is 7. The number of nitrogens with zero attached hydrogens (tertiary/aromatic N) is 3. The molecule has 11 nitrogen and oxygen atoms in total. The third-order valence-corrected chi connectivity index (χ3v) is 4.85. The fourth-order valence-electron chi connectivity index (χ4n) is 2.68. The molecule has 31 heavy (non-hydrogen) atoms. The van der Waals surface area contributed by atoms with Crippen molar-refractivity contribution >= 4 is 38.6 Å². The number of hydrazine groups is 1. The van der Waals surface area contributed by atoms with E-state index in [0.29, 0.717) is 23.5 Å². The van der Waals surface area contributed by atoms with E-state index < -0.39 is 41.9 Å². The third kappa shape index (κ3) is 5.57. The number of hydrogen-bond acceptors (Lipinski definition) is 8. The summed E-state index contributed by atoms with van der Waals surface area (Å²) >= 11 is 0. The second-order valence-corrected chi connectivity index (χ2v) is 7.37. The summed E-state index contributed by atoms with van der Waals surface area (Å²) in [6.45, 7) is 0. The summed E-state index contributed by atoms with van der Waals surface area (Å²) in [4.78, 5) is 20.2. The standard InChI is InChI=1S/C18H14N4O7S.Na/c23-21(24)16-11-15(30(27,28)29)12-17(22(25)26)18(16)19-20(13-7-3-1-4-8-13)14-9-5-2-6-10-14;/h1-12,19H,(H,27,28,29);/q;+1. The van der Waals surface area contributed by atoms with Crippen LogP contribution in [0.15, 0.2) is 77.7 Å². The summed E-state index contributed by atoms with van der Waals surface area (Å²) < 4.78 is 32.1. The molecule has 0 saturated heterocycles. The quantitative estimate of drug-likeness (QED) is 0.230. The maximum atomic E-state index is 11.6. The molecule has 3 aromatic carbocycles. The molecule has 0 saturated carbocycles. The second kappa shape index (κ2) is 9.85. The Morgan fingerprint density at radius 1 is 0.806 bits per heavy atom. The number of hydrogen-bond donors (Lipinski definition) is 2. The summed E-state index contributed by atoms with van der Waals surface area (Å²) in [7, 11) is -4.91. The molecule has 3 aromatic rings. The Bertz CT molecular complexity index is 1130. The van der Waals surface area contributed by atoms with E-state index in [0.717, 1.165) is 0 Å². The third-order valence-electron chi connectivity index (χ3n) is 4.01. The van der Waals surface area contributed by atoms with E-state index in [2.05, 4.69) is 5.43 Å². The largest absolute Gasteiger partial charge is 1.00 e. The van der Waals surface area contributed by atoms with Crippen LogP contribution in [0.2, 0.25) is 0 Å². The van der Waals surface area contributed by atoms with Gasteiger partial charge < -0.3 is 0 Å². The summed E-state index contributed by atoms with van der Waals surface area (Å²) in [5, 5.41) is 24.5. The number of anilines is 3. The Morgan fingerprint density at radius 3 is 1.52 bits per heavy atom. The van der Waals surface area contributed by atoms with Gasteiger partial charge in [-0.25, -0.2) is 0 Å². The Balaban J connectivity index is 0.00000341. The molecular weight excluding hydrogens is 439 g/mol. The number of nitro benzene ring substituents is 2. The van der Waals surface area contributed by atoms with Crippen LogP contribution >= 0.6 is 0 Å². The van der Waals surface area contributed by atoms with Crippen molar-refractivity contribution in [1.82, 2.24) is 0 Å². The molecule has 0 fully saturated rings. The molecule has 0 radical (unpaired) electrons. The van der Waals surface area contributed by atoms with E-state index in [9.17, 15) is 33.2 Å². The maximum absolute atomic E-state index is 11.6. The molecular formula is C18H14N4NaO7S+. The fraction of sp³-hybridized carbons (Fsp3) is 0. The van der Waals surface area contributed by atoms with Crippen LogP contribution in [0.25, 0.3) is 0 Å². The van der Waals surface area contributed by atoms with Crippen LogP contribution in [-0.4, -0.2) is 22.8 Å². The van der Waals surface area contributed by atoms with E-state index >= 15 is 0 Å². The van der Waals surface area contributed by atoms with Gasteiger partial charge in [-0.1, -0.05) is 36.4 Å². The number of nitrogens with one attached hydrogen (secondary N) is 1. The van der Waals surface area contributed by atoms with Crippen molar-refractivity contribution in [3.63, 3.8) is 0 Å². The van der Waals surface area contributed by atoms with Crippen molar-refractivity contribution in [1.29, 1.82) is 0 Å². The van der Waals surface area contributed by atoms with Gasteiger partial charge in [-0.05, 0) is 24.3 Å². The van der Waals surface area contributed by atoms with E-state index in [4.69, 9.17) is 0 Å². The summed E-state index contributed by atoms with van der Waals surface area (Å²) in [6, 6.07) is 18.1. The summed E-state index contributed by atoms with van der Waals surface area (Å²) in [6.07, 6.45) is 0. The molecule has 0 aliphatic heterocycles. The van der Waals surface area contributed by atoms with Crippen molar-refractivity contribution in [2.24, 2.45) is 0 Å². The molecule has 0 spiro atoms. The molecule has 3 rings (SSSR count). The maximum Gasteiger partial charge on any atom is 1.00 e. The zero-order chi connectivity index (χ0) is 21.9. The summed E-state index contributed by atoms with van der Waals surface area (Å²) in [5.41, 5.74) is 1.33. The van der Waals surface area contributed by atoms with Gasteiger partial charge in [0.25, 0.3) is 10.1 Å². The van der Waals surface area contributed by atoms with Gasteiger partial charge in [0.15, 0.2) is 0 Å². The van der Waals surface area contributed by atoms with Crippen molar-refractivity contribution in [2.45, 2.75) is 4.90 Å². The van der Waals surface area contributed by atoms with E-state index in [1.54, 1.807) is 60.7 Å². The van der Waals surface area contributed by atoms with Gasteiger partial charge in [0.2, 0.25) is 5.69 Å². The van der Waals surface area contributed by atoms with Gasteiger partial charge in [-0.15, -0.1) is 0 Å². The van der Waals surface area contributed by atoms with Gasteiger partial charge in [-0.2, -0.15) is 8.42 Å². The Kier molecular flexibility index (Phi) is 7.70. The van der Waals surface area contributed by atoms with Crippen LogP contribution in [0.1, 0.15) is 0 Å². The van der Waals surface area contributed by atoms with E-state index in [-0.39, 0.29) is 29.6 Å². The first-order chi connectivity index (χ1) is 14.2. The topological polar surface area (TPSA) is 156 Å². The van der Waals surface area contributed by atoms with Crippen LogP contribution < -0.4 is 40.0 Å². The summed E-state index contributed by atoms with van der Waals surface area (Å²) in [5.74, 6) is 0. The molecule has 13 heteroatoms. The SMILES string of the molecule is O=[N+]([O-])c1cc(S(=O)(=O)O)cc([N+](=O)[O-])c1NN(c1ccccc1)c1ccccc1.[Na+]. The van der Waals surface area contributed by atoms with Crippen LogP contribution in [0.3, 0.4) is 0 Å². The Morgan fingerprint density at radius 2 is 1.19 bits per heavy atom. The van der Waals surface area contributed by atoms with Crippen LogP contribution in [0.4, 0.5) is 28.4 Å². The average molecular weight is 453 g/mol. The Labute approximate surface area is 198 Å². The smallest absolute Gasteiger partial charge is 0.282 e. The first-order valence-electron chi connectivity index (χ1n) is 8.29. The monoisotopic (exact) mass is 453 g/mol. The van der Waals surface area contributed by atoms with E-state index in [1.807, 2.05) is 0 Å². The van der Waals surface area contributed by atoms with Gasteiger partial charge >= 0.3 is 40.9 Å². The first kappa shape index (κ1) is 24.2. The van der Waals surface area contributed by atoms with Gasteiger partial charge in [0, 0.05) is 12.1 Å². The van der Waals surface area contributed by atoms with Crippen molar-refractivity contribution in [3.8, 4) is 0 Å². The molecule has 0 amide bonds. The van der Waals surface area contributed by atoms with Crippen molar-refractivity contribution < 1.29 is 52.4 Å². The average Bonchev–Trinajstić information content (AvgIpc) is 2.71. The van der Waals surface area contributed by atoms with Crippen molar-refractivity contribution in [2.75, 3.05) is 10.4 Å². The van der Waals surface area contributed by atoms with Crippen LogP contribution in [0, 0.1) is 20.2 Å². The molecule has 0 heterocycles. The number of nitro groups is 2. The van der Waals surface area contributed by atoms with Crippen LogP contribution in [-0.2, 0) is 10.1 Å². The Hall–Kier alpha value is -3.03. The van der Waals surface area contributed by atoms with Crippen LogP contribution in [0.5, 0.6) is 0 Å². The first-order valence-corrected chi connectivity index (χ1v) is 9.73.